The number of hydrogen-bond donors (Lipinski definition) is 1. The van der Waals surface area contributed by atoms with Crippen molar-refractivity contribution in [3.05, 3.63) is 0 Å². The summed E-state index contributed by atoms with van der Waals surface area (Å²) in [5.41, 5.74) is -0.502. The van der Waals surface area contributed by atoms with Gasteiger partial charge in [-0.05, 0) is 41.7 Å². The van der Waals surface area contributed by atoms with Gasteiger partial charge >= 0.3 is 5.97 Å². The van der Waals surface area contributed by atoms with E-state index in [-0.39, 0.29) is 18.4 Å². The standard InChI is InChI=1S/C12H24N2O3/c1-7-13-10(15)8-14(6)9(2)11(16)17-12(3,4)5/h9H,7-8H2,1-6H3,(H,13,15). The molecule has 0 radical (unpaired) electrons. The maximum absolute atomic E-state index is 11.7. The van der Waals surface area contributed by atoms with Crippen LogP contribution in [0.4, 0.5) is 0 Å². The molecule has 0 spiro atoms. The summed E-state index contributed by atoms with van der Waals surface area (Å²) in [6.45, 7) is 9.83. The third-order valence-electron chi connectivity index (χ3n) is 2.18. The van der Waals surface area contributed by atoms with Gasteiger partial charge in [-0.15, -0.1) is 0 Å². The molecule has 0 rings (SSSR count). The van der Waals surface area contributed by atoms with E-state index in [1.807, 2.05) is 27.7 Å². The molecule has 0 saturated heterocycles. The fraction of sp³-hybridized carbons (Fsp3) is 0.833. The van der Waals surface area contributed by atoms with E-state index < -0.39 is 11.6 Å². The number of carbonyl (C=O) groups excluding carboxylic acids is 2. The molecule has 0 aromatic carbocycles. The van der Waals surface area contributed by atoms with Gasteiger partial charge in [-0.3, -0.25) is 14.5 Å². The van der Waals surface area contributed by atoms with Crippen molar-refractivity contribution >= 4 is 11.9 Å². The molecule has 1 N–H and O–H groups in total. The van der Waals surface area contributed by atoms with Crippen molar-refractivity contribution in [2.45, 2.75) is 46.3 Å². The van der Waals surface area contributed by atoms with Crippen LogP contribution in [0.15, 0.2) is 0 Å². The zero-order valence-corrected chi connectivity index (χ0v) is 11.7. The maximum Gasteiger partial charge on any atom is 0.323 e. The number of nitrogens with one attached hydrogen (secondary N) is 1. The fourth-order valence-electron chi connectivity index (χ4n) is 1.18. The van der Waals surface area contributed by atoms with Crippen LogP contribution < -0.4 is 5.32 Å². The number of hydrogen-bond acceptors (Lipinski definition) is 4. The van der Waals surface area contributed by atoms with Crippen molar-refractivity contribution in [1.29, 1.82) is 0 Å². The van der Waals surface area contributed by atoms with E-state index in [2.05, 4.69) is 5.32 Å². The summed E-state index contributed by atoms with van der Waals surface area (Å²) in [7, 11) is 1.73. The lowest BCUT2D eigenvalue weighted by Gasteiger charge is -2.27. The summed E-state index contributed by atoms with van der Waals surface area (Å²) in [6, 6.07) is -0.433. The third kappa shape index (κ3) is 6.94. The molecule has 0 aromatic rings. The average Bonchev–Trinajstić information content (AvgIpc) is 2.13. The number of ether oxygens (including phenoxy) is 1. The van der Waals surface area contributed by atoms with E-state index in [0.29, 0.717) is 6.54 Å². The van der Waals surface area contributed by atoms with Crippen molar-refractivity contribution in [3.8, 4) is 0 Å². The second-order valence-corrected chi connectivity index (χ2v) is 5.08. The van der Waals surface area contributed by atoms with Crippen molar-refractivity contribution in [2.75, 3.05) is 20.1 Å². The zero-order chi connectivity index (χ0) is 13.6. The summed E-state index contributed by atoms with van der Waals surface area (Å²) in [5, 5.41) is 2.69. The van der Waals surface area contributed by atoms with E-state index in [1.54, 1.807) is 18.9 Å². The number of rotatable bonds is 5. The molecule has 0 aromatic heterocycles. The van der Waals surface area contributed by atoms with Gasteiger partial charge in [0.15, 0.2) is 0 Å². The number of nitrogens with zero attached hydrogens (tertiary/aromatic N) is 1. The number of esters is 1. The Labute approximate surface area is 103 Å². The average molecular weight is 244 g/mol. The van der Waals surface area contributed by atoms with E-state index in [0.717, 1.165) is 0 Å². The minimum absolute atomic E-state index is 0.0922. The van der Waals surface area contributed by atoms with Gasteiger partial charge in [-0.1, -0.05) is 0 Å². The van der Waals surface area contributed by atoms with E-state index in [1.165, 1.54) is 0 Å². The minimum Gasteiger partial charge on any atom is -0.459 e. The Kier molecular flexibility index (Phi) is 6.16. The second kappa shape index (κ2) is 6.59. The number of likely N-dealkylation sites (N-methyl/N-ethyl adjacent to an activating group) is 2. The molecule has 1 unspecified atom stereocenters. The summed E-state index contributed by atoms with van der Waals surface area (Å²) in [6.07, 6.45) is 0. The van der Waals surface area contributed by atoms with Crippen molar-refractivity contribution in [2.24, 2.45) is 0 Å². The normalized spacial score (nSPS) is 13.4. The molecule has 0 aliphatic carbocycles. The van der Waals surface area contributed by atoms with Gasteiger partial charge in [0.2, 0.25) is 5.91 Å². The van der Waals surface area contributed by atoms with E-state index in [4.69, 9.17) is 4.74 Å². The molecule has 0 bridgehead atoms. The predicted octanol–water partition coefficient (Wildman–Crippen LogP) is 0.785. The highest BCUT2D eigenvalue weighted by molar-refractivity contribution is 5.80. The smallest absolute Gasteiger partial charge is 0.323 e. The maximum atomic E-state index is 11.7. The Bertz CT molecular complexity index is 271. The first-order chi connectivity index (χ1) is 7.67. The monoisotopic (exact) mass is 244 g/mol. The molecule has 1 amide bonds. The third-order valence-corrected chi connectivity index (χ3v) is 2.18. The first kappa shape index (κ1) is 15.9. The number of carbonyl (C=O) groups is 2. The first-order valence-corrected chi connectivity index (χ1v) is 5.87. The van der Waals surface area contributed by atoms with Crippen LogP contribution in [0.1, 0.15) is 34.6 Å². The Balaban J connectivity index is 4.25. The SMILES string of the molecule is CCNC(=O)CN(C)C(C)C(=O)OC(C)(C)C. The van der Waals surface area contributed by atoms with Crippen molar-refractivity contribution < 1.29 is 14.3 Å². The Morgan fingerprint density at radius 2 is 1.88 bits per heavy atom. The van der Waals surface area contributed by atoms with Gasteiger partial charge in [0.1, 0.15) is 11.6 Å². The highest BCUT2D eigenvalue weighted by atomic mass is 16.6. The Morgan fingerprint density at radius 1 is 1.35 bits per heavy atom. The molecular weight excluding hydrogens is 220 g/mol. The molecule has 1 atom stereocenters. The summed E-state index contributed by atoms with van der Waals surface area (Å²) in [4.78, 5) is 24.8. The van der Waals surface area contributed by atoms with E-state index in [9.17, 15) is 9.59 Å². The first-order valence-electron chi connectivity index (χ1n) is 5.87. The lowest BCUT2D eigenvalue weighted by molar-refractivity contribution is -0.160. The molecule has 0 saturated carbocycles. The van der Waals surface area contributed by atoms with Gasteiger partial charge < -0.3 is 10.1 Å². The molecule has 0 aliphatic rings. The van der Waals surface area contributed by atoms with E-state index >= 15 is 0 Å². The molecule has 17 heavy (non-hydrogen) atoms. The highest BCUT2D eigenvalue weighted by Gasteiger charge is 2.25. The summed E-state index contributed by atoms with van der Waals surface area (Å²) >= 11 is 0. The van der Waals surface area contributed by atoms with Crippen LogP contribution in [-0.2, 0) is 14.3 Å². The van der Waals surface area contributed by atoms with Gasteiger partial charge in [-0.25, -0.2) is 0 Å². The van der Waals surface area contributed by atoms with Crippen LogP contribution >= 0.6 is 0 Å². The molecule has 0 heterocycles. The molecule has 5 heteroatoms. The fourth-order valence-corrected chi connectivity index (χ4v) is 1.18. The lowest BCUT2D eigenvalue weighted by atomic mass is 10.2. The summed E-state index contributed by atoms with van der Waals surface area (Å²) < 4.78 is 5.25. The largest absolute Gasteiger partial charge is 0.459 e. The molecular formula is C12H24N2O3. The lowest BCUT2D eigenvalue weighted by Crippen LogP contribution is -2.45. The Hall–Kier alpha value is -1.10. The van der Waals surface area contributed by atoms with Gasteiger partial charge in [-0.2, -0.15) is 0 Å². The minimum atomic E-state index is -0.502. The van der Waals surface area contributed by atoms with Crippen LogP contribution in [0.5, 0.6) is 0 Å². The Morgan fingerprint density at radius 3 is 2.29 bits per heavy atom. The molecule has 0 aliphatic heterocycles. The van der Waals surface area contributed by atoms with Crippen LogP contribution in [0.2, 0.25) is 0 Å². The van der Waals surface area contributed by atoms with Crippen LogP contribution in [0, 0.1) is 0 Å². The van der Waals surface area contributed by atoms with Crippen LogP contribution in [-0.4, -0.2) is 48.6 Å². The predicted molar refractivity (Wildman–Crippen MR) is 66.6 cm³/mol. The summed E-state index contributed by atoms with van der Waals surface area (Å²) in [5.74, 6) is -0.408. The van der Waals surface area contributed by atoms with Gasteiger partial charge in [0.25, 0.3) is 0 Å². The quantitative estimate of drug-likeness (QED) is 0.726. The number of amides is 1. The molecule has 0 fully saturated rings. The zero-order valence-electron chi connectivity index (χ0n) is 11.7. The van der Waals surface area contributed by atoms with Crippen molar-refractivity contribution in [1.82, 2.24) is 10.2 Å². The molecule has 5 nitrogen and oxygen atoms in total. The van der Waals surface area contributed by atoms with Crippen LogP contribution in [0.25, 0.3) is 0 Å². The van der Waals surface area contributed by atoms with Gasteiger partial charge in [0.05, 0.1) is 6.54 Å². The van der Waals surface area contributed by atoms with Crippen molar-refractivity contribution in [3.63, 3.8) is 0 Å². The molecule has 100 valence electrons. The van der Waals surface area contributed by atoms with Gasteiger partial charge in [0, 0.05) is 6.54 Å². The second-order valence-electron chi connectivity index (χ2n) is 5.08. The van der Waals surface area contributed by atoms with Crippen LogP contribution in [0.3, 0.4) is 0 Å². The highest BCUT2D eigenvalue weighted by Crippen LogP contribution is 2.10. The topological polar surface area (TPSA) is 58.6 Å².